The summed E-state index contributed by atoms with van der Waals surface area (Å²) in [5.74, 6) is 1.31. The minimum atomic E-state index is 0.0403. The summed E-state index contributed by atoms with van der Waals surface area (Å²) in [5.41, 5.74) is 1.98. The highest BCUT2D eigenvalue weighted by molar-refractivity contribution is 6.31. The number of benzene rings is 2. The topological polar surface area (TPSA) is 66.8 Å². The molecule has 2 N–H and O–H groups in total. The molecule has 0 bridgehead atoms. The van der Waals surface area contributed by atoms with Crippen LogP contribution in [0.1, 0.15) is 5.56 Å². The summed E-state index contributed by atoms with van der Waals surface area (Å²) in [6, 6.07) is 10.7. The van der Waals surface area contributed by atoms with Gasteiger partial charge in [-0.3, -0.25) is 4.99 Å². The maximum Gasteiger partial charge on any atom is 0.198 e. The summed E-state index contributed by atoms with van der Waals surface area (Å²) in [5, 5.41) is 11.5. The molecule has 0 unspecified atom stereocenters. The number of aliphatic imine (C=N–C) groups is 1. The molecule has 0 aliphatic heterocycles. The first-order valence-electron chi connectivity index (χ1n) is 6.88. The van der Waals surface area contributed by atoms with Crippen molar-refractivity contribution in [3.05, 3.63) is 47.0 Å². The average molecular weight is 331 g/mol. The van der Waals surface area contributed by atoms with Crippen molar-refractivity contribution < 1.29 is 14.6 Å². The van der Waals surface area contributed by atoms with Gasteiger partial charge in [-0.15, -0.1) is 0 Å². The predicted molar refractivity (Wildman–Crippen MR) is 91.8 cm³/mol. The van der Waals surface area contributed by atoms with Crippen molar-refractivity contribution >= 4 is 34.4 Å². The van der Waals surface area contributed by atoms with Crippen LogP contribution in [0, 0.1) is 0 Å². The number of hydrogen-bond donors (Lipinski definition) is 2. The van der Waals surface area contributed by atoms with Crippen LogP contribution >= 0.6 is 11.6 Å². The van der Waals surface area contributed by atoms with Gasteiger partial charge >= 0.3 is 0 Å². The second-order valence-corrected chi connectivity index (χ2v) is 5.31. The fourth-order valence-corrected chi connectivity index (χ4v) is 2.51. The Morgan fingerprint density at radius 1 is 1.13 bits per heavy atom. The van der Waals surface area contributed by atoms with E-state index < -0.39 is 0 Å². The monoisotopic (exact) mass is 330 g/mol. The van der Waals surface area contributed by atoms with Crippen LogP contribution in [-0.4, -0.2) is 30.5 Å². The Morgan fingerprint density at radius 3 is 2.70 bits per heavy atom. The number of H-pyrrole nitrogens is 1. The molecule has 5 nitrogen and oxygen atoms in total. The zero-order valence-electron chi connectivity index (χ0n) is 12.6. The smallest absolute Gasteiger partial charge is 0.198 e. The number of aromatic nitrogens is 1. The van der Waals surface area contributed by atoms with Gasteiger partial charge in [0.1, 0.15) is 17.2 Å². The maximum atomic E-state index is 10.1. The third kappa shape index (κ3) is 2.96. The van der Waals surface area contributed by atoms with Crippen molar-refractivity contribution in [1.82, 2.24) is 4.98 Å². The number of halogens is 1. The van der Waals surface area contributed by atoms with E-state index in [0.29, 0.717) is 27.8 Å². The Bertz CT molecular complexity index is 887. The summed E-state index contributed by atoms with van der Waals surface area (Å²) in [7, 11) is 3.16. The summed E-state index contributed by atoms with van der Waals surface area (Å²) in [6.07, 6.45) is 1.59. The Hall–Kier alpha value is -2.66. The van der Waals surface area contributed by atoms with Crippen molar-refractivity contribution in [2.45, 2.75) is 0 Å². The van der Waals surface area contributed by atoms with Gasteiger partial charge < -0.3 is 19.6 Å². The van der Waals surface area contributed by atoms with Gasteiger partial charge in [-0.05, 0) is 24.3 Å². The second kappa shape index (κ2) is 6.22. The Balaban J connectivity index is 2.02. The van der Waals surface area contributed by atoms with E-state index >= 15 is 0 Å². The molecule has 3 rings (SSSR count). The standard InChI is InChI=1S/C17H15ClN2O3/c1-22-11-4-6-14(16(8-11)23-2)19-9-13-12-5-3-10(18)7-15(12)20-17(13)21/h3-9,20-21H,1-2H3. The van der Waals surface area contributed by atoms with Gasteiger partial charge in [-0.1, -0.05) is 17.7 Å². The van der Waals surface area contributed by atoms with Crippen LogP contribution in [-0.2, 0) is 0 Å². The zero-order chi connectivity index (χ0) is 16.4. The molecule has 6 heteroatoms. The van der Waals surface area contributed by atoms with E-state index in [-0.39, 0.29) is 5.88 Å². The van der Waals surface area contributed by atoms with Crippen molar-refractivity contribution in [1.29, 1.82) is 0 Å². The highest BCUT2D eigenvalue weighted by Gasteiger charge is 2.10. The van der Waals surface area contributed by atoms with E-state index in [1.165, 1.54) is 0 Å². The Labute approximate surface area is 138 Å². The van der Waals surface area contributed by atoms with E-state index in [1.807, 2.05) is 6.07 Å². The lowest BCUT2D eigenvalue weighted by Crippen LogP contribution is -1.87. The van der Waals surface area contributed by atoms with Crippen LogP contribution in [0.25, 0.3) is 10.9 Å². The van der Waals surface area contributed by atoms with E-state index in [0.717, 1.165) is 10.9 Å². The minimum Gasteiger partial charge on any atom is -0.497 e. The highest BCUT2D eigenvalue weighted by atomic mass is 35.5. The van der Waals surface area contributed by atoms with Crippen molar-refractivity contribution in [2.75, 3.05) is 14.2 Å². The van der Waals surface area contributed by atoms with Gasteiger partial charge in [0.15, 0.2) is 5.88 Å². The van der Waals surface area contributed by atoms with Crippen molar-refractivity contribution in [3.63, 3.8) is 0 Å². The normalized spacial score (nSPS) is 11.3. The molecule has 118 valence electrons. The number of ether oxygens (including phenoxy) is 2. The number of nitrogens with one attached hydrogen (secondary N) is 1. The second-order valence-electron chi connectivity index (χ2n) is 4.87. The number of nitrogens with zero attached hydrogens (tertiary/aromatic N) is 1. The van der Waals surface area contributed by atoms with Crippen LogP contribution < -0.4 is 9.47 Å². The van der Waals surface area contributed by atoms with E-state index in [4.69, 9.17) is 21.1 Å². The number of fused-ring (bicyclic) bond motifs is 1. The van der Waals surface area contributed by atoms with Crippen LogP contribution in [0.3, 0.4) is 0 Å². The van der Waals surface area contributed by atoms with Gasteiger partial charge in [0.25, 0.3) is 0 Å². The molecule has 0 amide bonds. The molecule has 1 heterocycles. The fourth-order valence-electron chi connectivity index (χ4n) is 2.33. The Morgan fingerprint density at radius 2 is 1.96 bits per heavy atom. The predicted octanol–water partition coefficient (Wildman–Crippen LogP) is 4.29. The van der Waals surface area contributed by atoms with E-state index in [2.05, 4.69) is 9.98 Å². The lowest BCUT2D eigenvalue weighted by atomic mass is 10.2. The molecule has 0 atom stereocenters. The summed E-state index contributed by atoms with van der Waals surface area (Å²) in [6.45, 7) is 0. The van der Waals surface area contributed by atoms with Crippen LogP contribution in [0.5, 0.6) is 17.4 Å². The first-order chi connectivity index (χ1) is 11.1. The molecule has 0 fully saturated rings. The molecule has 0 aliphatic carbocycles. The van der Waals surface area contributed by atoms with Gasteiger partial charge in [-0.2, -0.15) is 0 Å². The molecule has 0 saturated carbocycles. The third-order valence-electron chi connectivity index (χ3n) is 3.50. The molecule has 3 aromatic rings. The molecule has 23 heavy (non-hydrogen) atoms. The maximum absolute atomic E-state index is 10.1. The molecule has 2 aromatic carbocycles. The van der Waals surface area contributed by atoms with Gasteiger partial charge in [0, 0.05) is 22.7 Å². The number of rotatable bonds is 4. The van der Waals surface area contributed by atoms with Crippen LogP contribution in [0.15, 0.2) is 41.4 Å². The number of methoxy groups -OCH3 is 2. The first kappa shape index (κ1) is 15.2. The van der Waals surface area contributed by atoms with Gasteiger partial charge in [0.05, 0.1) is 25.3 Å². The van der Waals surface area contributed by atoms with Gasteiger partial charge in [-0.25, -0.2) is 0 Å². The van der Waals surface area contributed by atoms with Crippen molar-refractivity contribution in [2.24, 2.45) is 4.99 Å². The number of aromatic amines is 1. The summed E-state index contributed by atoms with van der Waals surface area (Å²) in [4.78, 5) is 7.29. The molecular formula is C17H15ClN2O3. The van der Waals surface area contributed by atoms with E-state index in [9.17, 15) is 5.11 Å². The number of aromatic hydroxyl groups is 1. The largest absolute Gasteiger partial charge is 0.497 e. The average Bonchev–Trinajstić information content (AvgIpc) is 2.87. The molecule has 0 radical (unpaired) electrons. The first-order valence-corrected chi connectivity index (χ1v) is 7.26. The molecule has 0 spiro atoms. The fraction of sp³-hybridized carbons (Fsp3) is 0.118. The zero-order valence-corrected chi connectivity index (χ0v) is 13.4. The highest BCUT2D eigenvalue weighted by Crippen LogP contribution is 2.33. The molecular weight excluding hydrogens is 316 g/mol. The van der Waals surface area contributed by atoms with Crippen molar-refractivity contribution in [3.8, 4) is 17.4 Å². The lowest BCUT2D eigenvalue weighted by molar-refractivity contribution is 0.395. The SMILES string of the molecule is COc1ccc(N=Cc2c(O)[nH]c3cc(Cl)ccc23)c(OC)c1. The molecule has 1 aromatic heterocycles. The Kier molecular flexibility index (Phi) is 4.12. The number of hydrogen-bond acceptors (Lipinski definition) is 4. The molecule has 0 aliphatic rings. The van der Waals surface area contributed by atoms with E-state index in [1.54, 1.807) is 50.8 Å². The van der Waals surface area contributed by atoms with Crippen LogP contribution in [0.2, 0.25) is 5.02 Å². The summed E-state index contributed by atoms with van der Waals surface area (Å²) < 4.78 is 10.5. The quantitative estimate of drug-likeness (QED) is 0.701. The third-order valence-corrected chi connectivity index (χ3v) is 3.73. The van der Waals surface area contributed by atoms with Gasteiger partial charge in [0.2, 0.25) is 0 Å². The summed E-state index contributed by atoms with van der Waals surface area (Å²) >= 11 is 5.96. The lowest BCUT2D eigenvalue weighted by Gasteiger charge is -2.06. The minimum absolute atomic E-state index is 0.0403. The van der Waals surface area contributed by atoms with Crippen LogP contribution in [0.4, 0.5) is 5.69 Å². The molecule has 0 saturated heterocycles.